The van der Waals surface area contributed by atoms with E-state index in [9.17, 15) is 18.1 Å². The molecular formula is C21H21BrF2NO5PS. The highest BCUT2D eigenvalue weighted by atomic mass is 79.9. The number of benzene rings is 2. The summed E-state index contributed by atoms with van der Waals surface area (Å²) in [6, 6.07) is 11.9. The van der Waals surface area contributed by atoms with Crippen molar-refractivity contribution in [1.82, 2.24) is 5.32 Å². The quantitative estimate of drug-likeness (QED) is 0.317. The number of rotatable bonds is 8. The summed E-state index contributed by atoms with van der Waals surface area (Å²) in [5.74, 6) is 0.405. The lowest BCUT2D eigenvalue weighted by atomic mass is 10.1. The Morgan fingerprint density at radius 3 is 2.50 bits per heavy atom. The molecule has 0 saturated carbocycles. The molecular weight excluding hydrogens is 527 g/mol. The third-order valence-corrected chi connectivity index (χ3v) is 8.36. The molecule has 172 valence electrons. The smallest absolute Gasteiger partial charge is 0.400 e. The molecule has 6 nitrogen and oxygen atoms in total. The lowest BCUT2D eigenvalue weighted by molar-refractivity contribution is 0.0595. The molecule has 1 amide bonds. The van der Waals surface area contributed by atoms with Crippen LogP contribution in [0.4, 0.5) is 8.78 Å². The fourth-order valence-electron chi connectivity index (χ4n) is 3.09. The van der Waals surface area contributed by atoms with E-state index in [1.165, 1.54) is 18.2 Å². The van der Waals surface area contributed by atoms with E-state index in [0.717, 1.165) is 17.7 Å². The number of hydrogen-bond acceptors (Lipinski definition) is 4. The summed E-state index contributed by atoms with van der Waals surface area (Å²) in [4.78, 5) is 29.9. The van der Waals surface area contributed by atoms with Crippen LogP contribution in [0.15, 0.2) is 46.9 Å². The molecule has 0 spiro atoms. The van der Waals surface area contributed by atoms with Gasteiger partial charge in [0.1, 0.15) is 10.6 Å². The van der Waals surface area contributed by atoms with E-state index in [4.69, 9.17) is 14.5 Å². The van der Waals surface area contributed by atoms with E-state index in [0.29, 0.717) is 22.5 Å². The van der Waals surface area contributed by atoms with Crippen LogP contribution < -0.4 is 10.1 Å². The van der Waals surface area contributed by atoms with Crippen LogP contribution in [0.2, 0.25) is 0 Å². The number of carbonyl (C=O) groups is 1. The van der Waals surface area contributed by atoms with E-state index in [1.807, 2.05) is 31.2 Å². The summed E-state index contributed by atoms with van der Waals surface area (Å²) in [5.41, 5.74) is -2.96. The summed E-state index contributed by atoms with van der Waals surface area (Å²) >= 11 is 3.59. The molecule has 32 heavy (non-hydrogen) atoms. The van der Waals surface area contributed by atoms with Gasteiger partial charge in [0.05, 0.1) is 7.11 Å². The van der Waals surface area contributed by atoms with E-state index < -0.39 is 18.1 Å². The van der Waals surface area contributed by atoms with Crippen molar-refractivity contribution in [3.63, 3.8) is 0 Å². The van der Waals surface area contributed by atoms with Gasteiger partial charge in [-0.05, 0) is 71.6 Å². The molecule has 0 aliphatic rings. The fourth-order valence-corrected chi connectivity index (χ4v) is 6.01. The second-order valence-electron chi connectivity index (χ2n) is 7.30. The Labute approximate surface area is 195 Å². The number of alkyl halides is 2. The first-order valence-electron chi connectivity index (χ1n) is 9.54. The number of methoxy groups -OCH3 is 1. The molecule has 0 fully saturated rings. The number of nitrogens with one attached hydrogen (secondary N) is 1. The highest BCUT2D eigenvalue weighted by molar-refractivity contribution is 9.10. The lowest BCUT2D eigenvalue weighted by Gasteiger charge is -2.16. The number of ether oxygens (including phenoxy) is 1. The molecule has 2 aromatic carbocycles. The van der Waals surface area contributed by atoms with Gasteiger partial charge in [0, 0.05) is 26.2 Å². The second-order valence-corrected chi connectivity index (χ2v) is 10.8. The Hall–Kier alpha value is -1.84. The fraction of sp³-hybridized carbons (Fsp3) is 0.286. The SMILES string of the molecule is COc1ccc(CCC(C)NC(=O)c2ccc3sc(C(F)(F)P(=O)(O)O)c(Br)c3c2)cc1. The molecule has 0 aliphatic carbocycles. The molecule has 0 saturated heterocycles. The zero-order chi connectivity index (χ0) is 23.7. The topological polar surface area (TPSA) is 95.9 Å². The summed E-state index contributed by atoms with van der Waals surface area (Å²) in [6.45, 7) is 1.87. The van der Waals surface area contributed by atoms with Crippen molar-refractivity contribution in [2.24, 2.45) is 0 Å². The Morgan fingerprint density at radius 2 is 1.91 bits per heavy atom. The Balaban J connectivity index is 1.72. The van der Waals surface area contributed by atoms with Crippen LogP contribution in [0, 0.1) is 0 Å². The maximum absolute atomic E-state index is 14.2. The zero-order valence-electron chi connectivity index (χ0n) is 17.1. The van der Waals surface area contributed by atoms with Crippen LogP contribution >= 0.6 is 34.9 Å². The number of halogens is 3. The largest absolute Gasteiger partial charge is 0.497 e. The normalized spacial score (nSPS) is 13.2. The van der Waals surface area contributed by atoms with Gasteiger partial charge < -0.3 is 19.8 Å². The molecule has 0 aliphatic heterocycles. The van der Waals surface area contributed by atoms with Gasteiger partial charge in [-0.1, -0.05) is 12.1 Å². The second kappa shape index (κ2) is 9.57. The van der Waals surface area contributed by atoms with Gasteiger partial charge in [0.15, 0.2) is 0 Å². The highest BCUT2D eigenvalue weighted by Crippen LogP contribution is 2.62. The predicted molar refractivity (Wildman–Crippen MR) is 124 cm³/mol. The zero-order valence-corrected chi connectivity index (χ0v) is 20.4. The molecule has 1 unspecified atom stereocenters. The molecule has 1 aromatic heterocycles. The number of fused-ring (bicyclic) bond motifs is 1. The lowest BCUT2D eigenvalue weighted by Crippen LogP contribution is -2.32. The average Bonchev–Trinajstić information content (AvgIpc) is 3.08. The Morgan fingerprint density at radius 1 is 1.25 bits per heavy atom. The molecule has 3 rings (SSSR count). The minimum absolute atomic E-state index is 0.131. The van der Waals surface area contributed by atoms with Crippen molar-refractivity contribution in [2.45, 2.75) is 31.5 Å². The maximum atomic E-state index is 14.2. The van der Waals surface area contributed by atoms with Crippen molar-refractivity contribution >= 4 is 50.9 Å². The molecule has 1 heterocycles. The van der Waals surface area contributed by atoms with Gasteiger partial charge in [0.2, 0.25) is 0 Å². The Bertz CT molecular complexity index is 1180. The number of aryl methyl sites for hydroxylation is 1. The van der Waals surface area contributed by atoms with Crippen LogP contribution in [-0.2, 0) is 16.6 Å². The van der Waals surface area contributed by atoms with Gasteiger partial charge in [-0.2, -0.15) is 8.78 Å². The van der Waals surface area contributed by atoms with Crippen LogP contribution in [-0.4, -0.2) is 28.8 Å². The highest BCUT2D eigenvalue weighted by Gasteiger charge is 2.53. The molecule has 0 bridgehead atoms. The third-order valence-electron chi connectivity index (χ3n) is 4.93. The van der Waals surface area contributed by atoms with Crippen molar-refractivity contribution in [3.8, 4) is 5.75 Å². The number of thiophene rings is 1. The maximum Gasteiger partial charge on any atom is 0.400 e. The van der Waals surface area contributed by atoms with Crippen molar-refractivity contribution in [3.05, 3.63) is 62.9 Å². The summed E-state index contributed by atoms with van der Waals surface area (Å²) < 4.78 is 45.0. The molecule has 0 radical (unpaired) electrons. The first-order valence-corrected chi connectivity index (χ1v) is 12.8. The molecule has 1 atom stereocenters. The number of carbonyl (C=O) groups excluding carboxylic acids is 1. The molecule has 3 N–H and O–H groups in total. The van der Waals surface area contributed by atoms with Gasteiger partial charge >= 0.3 is 13.3 Å². The van der Waals surface area contributed by atoms with E-state index in [-0.39, 0.29) is 27.4 Å². The average molecular weight is 548 g/mol. The number of hydrogen-bond donors (Lipinski definition) is 3. The first kappa shape index (κ1) is 24.8. The monoisotopic (exact) mass is 547 g/mol. The van der Waals surface area contributed by atoms with E-state index in [2.05, 4.69) is 21.2 Å². The van der Waals surface area contributed by atoms with Crippen LogP contribution in [0.1, 0.15) is 34.1 Å². The predicted octanol–water partition coefficient (Wildman–Crippen LogP) is 5.65. The molecule has 3 aromatic rings. The van der Waals surface area contributed by atoms with Gasteiger partial charge in [0.25, 0.3) is 5.91 Å². The third kappa shape index (κ3) is 5.21. The first-order chi connectivity index (χ1) is 14.9. The van der Waals surface area contributed by atoms with Crippen molar-refractivity contribution in [1.29, 1.82) is 0 Å². The van der Waals surface area contributed by atoms with Gasteiger partial charge in [-0.3, -0.25) is 9.36 Å². The van der Waals surface area contributed by atoms with Crippen molar-refractivity contribution < 1.29 is 32.7 Å². The standard InChI is InChI=1S/C21H21BrF2NO5PS/c1-12(3-4-13-5-8-15(30-2)9-6-13)25-20(26)14-7-10-17-16(11-14)18(22)19(32-17)21(23,24)31(27,28)29/h5-12H,3-4H2,1-2H3,(H,25,26)(H2,27,28,29). The van der Waals surface area contributed by atoms with E-state index in [1.54, 1.807) is 7.11 Å². The Kier molecular flexibility index (Phi) is 7.41. The van der Waals surface area contributed by atoms with Crippen LogP contribution in [0.5, 0.6) is 5.75 Å². The van der Waals surface area contributed by atoms with E-state index >= 15 is 0 Å². The minimum Gasteiger partial charge on any atom is -0.497 e. The number of amides is 1. The summed E-state index contributed by atoms with van der Waals surface area (Å²) in [5, 5.41) is 3.17. The minimum atomic E-state index is -5.70. The molecule has 11 heteroatoms. The van der Waals surface area contributed by atoms with Crippen molar-refractivity contribution in [2.75, 3.05) is 7.11 Å². The summed E-state index contributed by atoms with van der Waals surface area (Å²) in [6.07, 6.45) is 1.45. The summed E-state index contributed by atoms with van der Waals surface area (Å²) in [7, 11) is -4.10. The van der Waals surface area contributed by atoms with Crippen LogP contribution in [0.25, 0.3) is 10.1 Å². The van der Waals surface area contributed by atoms with Gasteiger partial charge in [-0.15, -0.1) is 11.3 Å². The van der Waals surface area contributed by atoms with Gasteiger partial charge in [-0.25, -0.2) is 0 Å². The van der Waals surface area contributed by atoms with Crippen LogP contribution in [0.3, 0.4) is 0 Å².